The highest BCUT2D eigenvalue weighted by Crippen LogP contribution is 2.17. The van der Waals surface area contributed by atoms with Crippen molar-refractivity contribution in [2.75, 3.05) is 26.9 Å². The number of esters is 1. The maximum Gasteiger partial charge on any atom is 0.337 e. The third-order valence-corrected chi connectivity index (χ3v) is 3.23. The molecule has 0 spiro atoms. The first kappa shape index (κ1) is 14.5. The van der Waals surface area contributed by atoms with Crippen molar-refractivity contribution in [1.82, 2.24) is 5.32 Å². The number of amides is 1. The first-order valence-electron chi connectivity index (χ1n) is 6.31. The predicted molar refractivity (Wildman–Crippen MR) is 70.5 cm³/mol. The first-order valence-corrected chi connectivity index (χ1v) is 6.31. The van der Waals surface area contributed by atoms with E-state index in [0.29, 0.717) is 24.2 Å². The van der Waals surface area contributed by atoms with Gasteiger partial charge in [0, 0.05) is 25.1 Å². The molecular weight excluding hydrogens is 262 g/mol. The molecule has 1 unspecified atom stereocenters. The van der Waals surface area contributed by atoms with Crippen molar-refractivity contribution in [3.63, 3.8) is 0 Å². The molecule has 1 atom stereocenters. The number of aliphatic hydroxyl groups is 1. The summed E-state index contributed by atoms with van der Waals surface area (Å²) >= 11 is 0. The van der Waals surface area contributed by atoms with E-state index in [9.17, 15) is 14.7 Å². The molecule has 0 saturated carbocycles. The number of nitrogens with one attached hydrogen (secondary N) is 1. The van der Waals surface area contributed by atoms with Crippen LogP contribution in [0.15, 0.2) is 24.3 Å². The molecule has 0 radical (unpaired) electrons. The molecule has 1 aliphatic heterocycles. The van der Waals surface area contributed by atoms with Gasteiger partial charge in [0.15, 0.2) is 0 Å². The van der Waals surface area contributed by atoms with Crippen LogP contribution < -0.4 is 5.32 Å². The number of carbonyl (C=O) groups excluding carboxylic acids is 2. The Labute approximate surface area is 116 Å². The van der Waals surface area contributed by atoms with E-state index in [1.807, 2.05) is 0 Å². The lowest BCUT2D eigenvalue weighted by Gasteiger charge is -2.20. The van der Waals surface area contributed by atoms with Crippen molar-refractivity contribution in [3.05, 3.63) is 35.4 Å². The summed E-state index contributed by atoms with van der Waals surface area (Å²) in [6.45, 7) is 0.874. The molecule has 1 aliphatic rings. The van der Waals surface area contributed by atoms with E-state index >= 15 is 0 Å². The van der Waals surface area contributed by atoms with Crippen LogP contribution in [0, 0.1) is 0 Å². The van der Waals surface area contributed by atoms with Crippen molar-refractivity contribution in [2.24, 2.45) is 0 Å². The fraction of sp³-hybridized carbons (Fsp3) is 0.429. The Morgan fingerprint density at radius 3 is 2.55 bits per heavy atom. The molecule has 0 aromatic heterocycles. The smallest absolute Gasteiger partial charge is 0.337 e. The van der Waals surface area contributed by atoms with Crippen LogP contribution >= 0.6 is 0 Å². The number of rotatable bonds is 4. The van der Waals surface area contributed by atoms with Crippen LogP contribution in [0.25, 0.3) is 0 Å². The molecule has 1 saturated heterocycles. The van der Waals surface area contributed by atoms with Crippen LogP contribution in [0.2, 0.25) is 0 Å². The zero-order valence-electron chi connectivity index (χ0n) is 11.2. The van der Waals surface area contributed by atoms with Gasteiger partial charge in [-0.3, -0.25) is 4.79 Å². The largest absolute Gasteiger partial charge is 0.465 e. The third kappa shape index (κ3) is 3.34. The van der Waals surface area contributed by atoms with Gasteiger partial charge in [-0.15, -0.1) is 0 Å². The maximum atomic E-state index is 11.9. The Balaban J connectivity index is 1.94. The van der Waals surface area contributed by atoms with Gasteiger partial charge in [0.1, 0.15) is 5.60 Å². The Bertz CT molecular complexity index is 491. The van der Waals surface area contributed by atoms with Gasteiger partial charge in [-0.1, -0.05) is 0 Å². The molecule has 2 rings (SSSR count). The lowest BCUT2D eigenvalue weighted by Crippen LogP contribution is -2.43. The molecule has 1 aromatic carbocycles. The van der Waals surface area contributed by atoms with E-state index in [0.717, 1.165) is 0 Å². The predicted octanol–water partition coefficient (Wildman–Crippen LogP) is 0.354. The average molecular weight is 279 g/mol. The van der Waals surface area contributed by atoms with Gasteiger partial charge in [-0.25, -0.2) is 4.79 Å². The van der Waals surface area contributed by atoms with Crippen LogP contribution in [0.1, 0.15) is 27.1 Å². The number of benzene rings is 1. The van der Waals surface area contributed by atoms with Gasteiger partial charge >= 0.3 is 5.97 Å². The summed E-state index contributed by atoms with van der Waals surface area (Å²) in [4.78, 5) is 23.2. The summed E-state index contributed by atoms with van der Waals surface area (Å²) in [5, 5.41) is 12.7. The van der Waals surface area contributed by atoms with Crippen LogP contribution in [0.5, 0.6) is 0 Å². The van der Waals surface area contributed by atoms with E-state index < -0.39 is 11.6 Å². The molecule has 1 fully saturated rings. The highest BCUT2D eigenvalue weighted by Gasteiger charge is 2.32. The quantitative estimate of drug-likeness (QED) is 0.777. The normalized spacial score (nSPS) is 21.5. The summed E-state index contributed by atoms with van der Waals surface area (Å²) in [7, 11) is 1.30. The van der Waals surface area contributed by atoms with Crippen molar-refractivity contribution in [3.8, 4) is 0 Å². The minimum absolute atomic E-state index is 0.143. The Morgan fingerprint density at radius 1 is 1.35 bits per heavy atom. The van der Waals surface area contributed by atoms with Gasteiger partial charge < -0.3 is 19.9 Å². The number of methoxy groups -OCH3 is 1. The summed E-state index contributed by atoms with van der Waals surface area (Å²) < 4.78 is 9.68. The summed E-state index contributed by atoms with van der Waals surface area (Å²) in [5.74, 6) is -0.754. The Hall–Kier alpha value is -1.92. The Kier molecular flexibility index (Phi) is 4.36. The topological polar surface area (TPSA) is 84.9 Å². The van der Waals surface area contributed by atoms with Crippen molar-refractivity contribution in [1.29, 1.82) is 0 Å². The number of ether oxygens (including phenoxy) is 2. The lowest BCUT2D eigenvalue weighted by atomic mass is 10.0. The summed E-state index contributed by atoms with van der Waals surface area (Å²) in [5.41, 5.74) is -0.186. The standard InChI is InChI=1S/C14H17NO5/c1-19-13(17)11-4-2-10(3-5-11)12(16)15-8-14(18)6-7-20-9-14/h2-5,18H,6-9H2,1H3,(H,15,16). The molecule has 20 heavy (non-hydrogen) atoms. The minimum Gasteiger partial charge on any atom is -0.465 e. The summed E-state index contributed by atoms with van der Waals surface area (Å²) in [6, 6.07) is 6.12. The van der Waals surface area contributed by atoms with Crippen LogP contribution in [0.4, 0.5) is 0 Å². The van der Waals surface area contributed by atoms with Gasteiger partial charge in [0.25, 0.3) is 5.91 Å². The van der Waals surface area contributed by atoms with Crippen LogP contribution in [-0.4, -0.2) is 49.5 Å². The molecule has 108 valence electrons. The molecular formula is C14H17NO5. The monoisotopic (exact) mass is 279 g/mol. The second-order valence-corrected chi connectivity index (χ2v) is 4.78. The van der Waals surface area contributed by atoms with Gasteiger partial charge in [0.05, 0.1) is 19.3 Å². The highest BCUT2D eigenvalue weighted by atomic mass is 16.5. The van der Waals surface area contributed by atoms with Gasteiger partial charge in [-0.05, 0) is 24.3 Å². The van der Waals surface area contributed by atoms with E-state index in [-0.39, 0.29) is 19.1 Å². The fourth-order valence-electron chi connectivity index (χ4n) is 1.96. The van der Waals surface area contributed by atoms with Crippen LogP contribution in [0.3, 0.4) is 0 Å². The molecule has 1 aromatic rings. The highest BCUT2D eigenvalue weighted by molar-refractivity contribution is 5.96. The minimum atomic E-state index is -0.985. The third-order valence-electron chi connectivity index (χ3n) is 3.23. The molecule has 0 bridgehead atoms. The average Bonchev–Trinajstić information content (AvgIpc) is 2.91. The van der Waals surface area contributed by atoms with E-state index in [4.69, 9.17) is 4.74 Å². The SMILES string of the molecule is COC(=O)c1ccc(C(=O)NCC2(O)CCOC2)cc1. The van der Waals surface area contributed by atoms with Crippen LogP contribution in [-0.2, 0) is 9.47 Å². The second kappa shape index (κ2) is 6.02. The zero-order chi connectivity index (χ0) is 14.6. The van der Waals surface area contributed by atoms with E-state index in [2.05, 4.69) is 10.1 Å². The zero-order valence-corrected chi connectivity index (χ0v) is 11.2. The summed E-state index contributed by atoms with van der Waals surface area (Å²) in [6.07, 6.45) is 0.508. The molecule has 6 nitrogen and oxygen atoms in total. The fourth-order valence-corrected chi connectivity index (χ4v) is 1.96. The first-order chi connectivity index (χ1) is 9.54. The van der Waals surface area contributed by atoms with E-state index in [1.165, 1.54) is 31.4 Å². The Morgan fingerprint density at radius 2 is 2.00 bits per heavy atom. The van der Waals surface area contributed by atoms with Gasteiger partial charge in [0.2, 0.25) is 0 Å². The van der Waals surface area contributed by atoms with Crippen molar-refractivity contribution < 1.29 is 24.2 Å². The molecule has 6 heteroatoms. The number of carbonyl (C=O) groups is 2. The van der Waals surface area contributed by atoms with E-state index in [1.54, 1.807) is 0 Å². The number of hydrogen-bond acceptors (Lipinski definition) is 5. The molecule has 1 amide bonds. The number of hydrogen-bond donors (Lipinski definition) is 2. The van der Waals surface area contributed by atoms with Crippen molar-refractivity contribution >= 4 is 11.9 Å². The maximum absolute atomic E-state index is 11.9. The van der Waals surface area contributed by atoms with Crippen molar-refractivity contribution in [2.45, 2.75) is 12.0 Å². The molecule has 1 heterocycles. The molecule has 0 aliphatic carbocycles. The molecule has 2 N–H and O–H groups in total. The second-order valence-electron chi connectivity index (χ2n) is 4.78. The van der Waals surface area contributed by atoms with Gasteiger partial charge in [-0.2, -0.15) is 0 Å². The lowest BCUT2D eigenvalue weighted by molar-refractivity contribution is 0.0264.